The van der Waals surface area contributed by atoms with E-state index in [1.807, 2.05) is 0 Å². The number of hydrogen-bond acceptors (Lipinski definition) is 7. The second-order valence-electron chi connectivity index (χ2n) is 4.28. The maximum absolute atomic E-state index is 11.8. The normalized spacial score (nSPS) is 10.5. The molecule has 0 spiro atoms. The molecule has 0 atom stereocenters. The summed E-state index contributed by atoms with van der Waals surface area (Å²) in [5.74, 6) is -0.873. The molecule has 0 radical (unpaired) electrons. The van der Waals surface area contributed by atoms with E-state index < -0.39 is 10.8 Å². The molecule has 9 nitrogen and oxygen atoms in total. The van der Waals surface area contributed by atoms with Gasteiger partial charge in [0, 0.05) is 29.6 Å². The van der Waals surface area contributed by atoms with E-state index >= 15 is 0 Å². The molecule has 0 aliphatic heterocycles. The monoisotopic (exact) mass is 316 g/mol. The smallest absolute Gasteiger partial charge is 0.274 e. The lowest BCUT2D eigenvalue weighted by Gasteiger charge is -2.06. The number of non-ortho nitro benzene ring substituents is 1. The van der Waals surface area contributed by atoms with E-state index in [1.54, 1.807) is 0 Å². The van der Waals surface area contributed by atoms with Crippen molar-refractivity contribution >= 4 is 17.8 Å². The highest BCUT2D eigenvalue weighted by molar-refractivity contribution is 5.95. The van der Waals surface area contributed by atoms with Crippen LogP contribution in [0.5, 0.6) is 11.5 Å². The highest BCUT2D eigenvalue weighted by Crippen LogP contribution is 2.33. The van der Waals surface area contributed by atoms with Crippen LogP contribution >= 0.6 is 0 Å². The van der Waals surface area contributed by atoms with E-state index in [0.29, 0.717) is 5.56 Å². The van der Waals surface area contributed by atoms with Crippen LogP contribution in [0.25, 0.3) is 0 Å². The summed E-state index contributed by atoms with van der Waals surface area (Å²) in [6.45, 7) is 0. The van der Waals surface area contributed by atoms with Gasteiger partial charge in [0.1, 0.15) is 0 Å². The number of aromatic nitrogens is 1. The van der Waals surface area contributed by atoms with Gasteiger partial charge in [0.05, 0.1) is 24.3 Å². The second kappa shape index (κ2) is 6.98. The third-order valence-corrected chi connectivity index (χ3v) is 2.83. The Balaban J connectivity index is 2.20. The number of nitro groups is 1. The molecule has 0 aliphatic carbocycles. The first kappa shape index (κ1) is 15.9. The number of hydrogen-bond donors (Lipinski definition) is 2. The van der Waals surface area contributed by atoms with Crippen molar-refractivity contribution in [1.29, 1.82) is 0 Å². The van der Waals surface area contributed by atoms with Gasteiger partial charge in [-0.25, -0.2) is 5.43 Å². The van der Waals surface area contributed by atoms with E-state index in [0.717, 1.165) is 18.3 Å². The van der Waals surface area contributed by atoms with Crippen LogP contribution in [0.1, 0.15) is 15.9 Å². The van der Waals surface area contributed by atoms with Gasteiger partial charge in [-0.3, -0.25) is 19.9 Å². The minimum absolute atomic E-state index is 0.0334. The Hall–Kier alpha value is -3.49. The molecule has 1 amide bonds. The number of benzene rings is 1. The van der Waals surface area contributed by atoms with Crippen molar-refractivity contribution in [3.05, 3.63) is 57.9 Å². The minimum atomic E-state index is -0.630. The molecular formula is C14H12N4O5. The van der Waals surface area contributed by atoms with Crippen LogP contribution in [0.3, 0.4) is 0 Å². The molecule has 1 aromatic carbocycles. The van der Waals surface area contributed by atoms with Crippen LogP contribution in [0.2, 0.25) is 0 Å². The highest BCUT2D eigenvalue weighted by atomic mass is 16.6. The number of ether oxygens (including phenoxy) is 1. The van der Waals surface area contributed by atoms with Gasteiger partial charge in [-0.2, -0.15) is 5.10 Å². The van der Waals surface area contributed by atoms with Crippen LogP contribution < -0.4 is 10.2 Å². The Morgan fingerprint density at radius 3 is 2.74 bits per heavy atom. The summed E-state index contributed by atoms with van der Waals surface area (Å²) < 4.78 is 4.86. The summed E-state index contributed by atoms with van der Waals surface area (Å²) in [5, 5.41) is 24.4. The van der Waals surface area contributed by atoms with E-state index in [9.17, 15) is 20.0 Å². The molecule has 0 saturated carbocycles. The quantitative estimate of drug-likeness (QED) is 0.488. The van der Waals surface area contributed by atoms with Gasteiger partial charge in [-0.05, 0) is 12.1 Å². The van der Waals surface area contributed by atoms with Crippen molar-refractivity contribution in [2.24, 2.45) is 5.10 Å². The lowest BCUT2D eigenvalue weighted by Crippen LogP contribution is -2.17. The van der Waals surface area contributed by atoms with Gasteiger partial charge in [0.25, 0.3) is 11.6 Å². The molecule has 1 heterocycles. The molecule has 0 fully saturated rings. The zero-order valence-electron chi connectivity index (χ0n) is 12.0. The predicted molar refractivity (Wildman–Crippen MR) is 80.6 cm³/mol. The fourth-order valence-electron chi connectivity index (χ4n) is 1.70. The summed E-state index contributed by atoms with van der Waals surface area (Å²) in [6, 6.07) is 5.19. The van der Waals surface area contributed by atoms with Crippen LogP contribution in [0.4, 0.5) is 5.69 Å². The fourth-order valence-corrected chi connectivity index (χ4v) is 1.70. The lowest BCUT2D eigenvalue weighted by atomic mass is 10.2. The van der Waals surface area contributed by atoms with Gasteiger partial charge in [-0.1, -0.05) is 0 Å². The third kappa shape index (κ3) is 3.79. The van der Waals surface area contributed by atoms with Crippen molar-refractivity contribution in [2.45, 2.75) is 0 Å². The molecular weight excluding hydrogens is 304 g/mol. The number of rotatable bonds is 5. The number of nitro benzene ring substituents is 1. The zero-order chi connectivity index (χ0) is 16.8. The number of carbonyl (C=O) groups is 1. The SMILES string of the molecule is COc1cc([N+](=O)[O-])cc(/C=N/NC(=O)c2ccncc2)c1O. The number of pyridine rings is 1. The van der Waals surface area contributed by atoms with Crippen LogP contribution in [0.15, 0.2) is 41.8 Å². The zero-order valence-corrected chi connectivity index (χ0v) is 12.0. The van der Waals surface area contributed by atoms with Crippen molar-refractivity contribution < 1.29 is 19.6 Å². The van der Waals surface area contributed by atoms with E-state index in [1.165, 1.54) is 31.6 Å². The summed E-state index contributed by atoms with van der Waals surface area (Å²) in [6.07, 6.45) is 4.00. The first-order valence-corrected chi connectivity index (χ1v) is 6.31. The maximum atomic E-state index is 11.8. The number of amides is 1. The topological polar surface area (TPSA) is 127 Å². The van der Waals surface area contributed by atoms with E-state index in [4.69, 9.17) is 4.74 Å². The predicted octanol–water partition coefficient (Wildman–Crippen LogP) is 1.47. The summed E-state index contributed by atoms with van der Waals surface area (Å²) in [5.41, 5.74) is 2.34. The summed E-state index contributed by atoms with van der Waals surface area (Å²) in [7, 11) is 1.27. The number of carbonyl (C=O) groups excluding carboxylic acids is 1. The van der Waals surface area contributed by atoms with Gasteiger partial charge >= 0.3 is 0 Å². The molecule has 0 aliphatic rings. The number of nitrogens with zero attached hydrogens (tertiary/aromatic N) is 3. The van der Waals surface area contributed by atoms with Gasteiger partial charge < -0.3 is 9.84 Å². The minimum Gasteiger partial charge on any atom is -0.504 e. The molecule has 9 heteroatoms. The standard InChI is InChI=1S/C14H12N4O5/c1-23-12-7-11(18(21)22)6-10(13(12)19)8-16-17-14(20)9-2-4-15-5-3-9/h2-8,19H,1H3,(H,17,20)/b16-8+. The summed E-state index contributed by atoms with van der Waals surface area (Å²) >= 11 is 0. The molecule has 2 aromatic rings. The first-order chi connectivity index (χ1) is 11.0. The highest BCUT2D eigenvalue weighted by Gasteiger charge is 2.15. The Labute approximate surface area is 130 Å². The largest absolute Gasteiger partial charge is 0.504 e. The Morgan fingerprint density at radius 2 is 2.13 bits per heavy atom. The maximum Gasteiger partial charge on any atom is 0.274 e. The number of phenols is 1. The van der Waals surface area contributed by atoms with E-state index in [-0.39, 0.29) is 22.7 Å². The van der Waals surface area contributed by atoms with Gasteiger partial charge in [0.2, 0.25) is 0 Å². The van der Waals surface area contributed by atoms with Gasteiger partial charge in [-0.15, -0.1) is 0 Å². The van der Waals surface area contributed by atoms with Crippen molar-refractivity contribution in [3.8, 4) is 11.5 Å². The second-order valence-corrected chi connectivity index (χ2v) is 4.28. The number of phenolic OH excluding ortho intramolecular Hbond substituents is 1. The number of nitrogens with one attached hydrogen (secondary N) is 1. The van der Waals surface area contributed by atoms with Crippen LogP contribution in [-0.4, -0.2) is 34.2 Å². The number of methoxy groups -OCH3 is 1. The Bertz CT molecular complexity index is 761. The summed E-state index contributed by atoms with van der Waals surface area (Å²) in [4.78, 5) is 25.8. The van der Waals surface area contributed by atoms with Crippen molar-refractivity contribution in [1.82, 2.24) is 10.4 Å². The average Bonchev–Trinajstić information content (AvgIpc) is 2.56. The van der Waals surface area contributed by atoms with Crippen LogP contribution in [0, 0.1) is 10.1 Å². The van der Waals surface area contributed by atoms with Crippen LogP contribution in [-0.2, 0) is 0 Å². The van der Waals surface area contributed by atoms with E-state index in [2.05, 4.69) is 15.5 Å². The molecule has 23 heavy (non-hydrogen) atoms. The fraction of sp³-hybridized carbons (Fsp3) is 0.0714. The molecule has 0 saturated heterocycles. The Kier molecular flexibility index (Phi) is 4.82. The average molecular weight is 316 g/mol. The van der Waals surface area contributed by atoms with Gasteiger partial charge in [0.15, 0.2) is 11.5 Å². The molecule has 0 unspecified atom stereocenters. The third-order valence-electron chi connectivity index (χ3n) is 2.83. The Morgan fingerprint density at radius 1 is 1.43 bits per heavy atom. The molecule has 2 N–H and O–H groups in total. The molecule has 1 aromatic heterocycles. The van der Waals surface area contributed by atoms with Crippen molar-refractivity contribution in [3.63, 3.8) is 0 Å². The first-order valence-electron chi connectivity index (χ1n) is 6.31. The number of aromatic hydroxyl groups is 1. The molecule has 2 rings (SSSR count). The lowest BCUT2D eigenvalue weighted by molar-refractivity contribution is -0.385. The van der Waals surface area contributed by atoms with Crippen molar-refractivity contribution in [2.75, 3.05) is 7.11 Å². The molecule has 0 bridgehead atoms. The number of hydrazone groups is 1. The molecule has 118 valence electrons.